The first-order chi connectivity index (χ1) is 16.8. The molecule has 186 valence electrons. The lowest BCUT2D eigenvalue weighted by Crippen LogP contribution is -2.28. The number of amides is 2. The molecule has 1 aliphatic rings. The third-order valence-electron chi connectivity index (χ3n) is 6.48. The zero-order chi connectivity index (χ0) is 24.9. The van der Waals surface area contributed by atoms with Crippen LogP contribution in [0.1, 0.15) is 53.1 Å². The predicted molar refractivity (Wildman–Crippen MR) is 138 cm³/mol. The van der Waals surface area contributed by atoms with Gasteiger partial charge < -0.3 is 21.1 Å². The molecule has 1 aromatic carbocycles. The van der Waals surface area contributed by atoms with Crippen LogP contribution < -0.4 is 16.4 Å². The number of hydrogen-bond acceptors (Lipinski definition) is 6. The molecular weight excluding hydrogens is 462 g/mol. The van der Waals surface area contributed by atoms with Crippen LogP contribution in [0.4, 0.5) is 15.5 Å². The molecule has 9 heteroatoms. The van der Waals surface area contributed by atoms with E-state index in [1.807, 2.05) is 50.4 Å². The monoisotopic (exact) mass is 495 g/mol. The van der Waals surface area contributed by atoms with Gasteiger partial charge in [0, 0.05) is 18.3 Å². The van der Waals surface area contributed by atoms with Crippen molar-refractivity contribution in [3.63, 3.8) is 0 Å². The van der Waals surface area contributed by atoms with E-state index in [1.54, 1.807) is 4.68 Å². The third kappa shape index (κ3) is 6.22. The van der Waals surface area contributed by atoms with Gasteiger partial charge >= 0.3 is 6.09 Å². The van der Waals surface area contributed by atoms with Gasteiger partial charge in [0.05, 0.1) is 30.2 Å². The van der Waals surface area contributed by atoms with Crippen molar-refractivity contribution in [3.8, 4) is 0 Å². The molecular formula is C26H33N5O3S. The number of nitrogens with one attached hydrogen (secondary N) is 2. The Morgan fingerprint density at radius 1 is 1.31 bits per heavy atom. The second kappa shape index (κ2) is 10.9. The Hall–Kier alpha value is -3.33. The Labute approximate surface area is 209 Å². The van der Waals surface area contributed by atoms with Crippen molar-refractivity contribution in [2.45, 2.75) is 52.0 Å². The van der Waals surface area contributed by atoms with Gasteiger partial charge in [-0.3, -0.25) is 9.48 Å². The number of aromatic nitrogens is 2. The first-order valence-electron chi connectivity index (χ1n) is 11.9. The maximum Gasteiger partial charge on any atom is 0.407 e. The molecule has 2 amide bonds. The van der Waals surface area contributed by atoms with Gasteiger partial charge in [0.1, 0.15) is 5.00 Å². The molecule has 0 fully saturated rings. The summed E-state index contributed by atoms with van der Waals surface area (Å²) in [5.41, 5.74) is 11.1. The number of hydrogen-bond donors (Lipinski definition) is 3. The van der Waals surface area contributed by atoms with Crippen LogP contribution in [0.5, 0.6) is 0 Å². The van der Waals surface area contributed by atoms with E-state index in [1.165, 1.54) is 16.2 Å². The van der Waals surface area contributed by atoms with Crippen molar-refractivity contribution in [2.24, 2.45) is 13.0 Å². The summed E-state index contributed by atoms with van der Waals surface area (Å²) in [4.78, 5) is 26.0. The van der Waals surface area contributed by atoms with Crippen molar-refractivity contribution in [1.29, 1.82) is 0 Å². The minimum Gasteiger partial charge on any atom is -0.449 e. The highest BCUT2D eigenvalue weighted by molar-refractivity contribution is 7.17. The van der Waals surface area contributed by atoms with E-state index < -0.39 is 6.09 Å². The van der Waals surface area contributed by atoms with E-state index in [0.717, 1.165) is 46.8 Å². The quantitative estimate of drug-likeness (QED) is 0.425. The lowest BCUT2D eigenvalue weighted by molar-refractivity contribution is -0.116. The molecule has 0 aliphatic heterocycles. The summed E-state index contributed by atoms with van der Waals surface area (Å²) < 4.78 is 7.22. The van der Waals surface area contributed by atoms with Gasteiger partial charge in [0.15, 0.2) is 0 Å². The molecule has 2 aromatic heterocycles. The predicted octanol–water partition coefficient (Wildman–Crippen LogP) is 4.54. The van der Waals surface area contributed by atoms with E-state index in [2.05, 4.69) is 22.7 Å². The maximum atomic E-state index is 12.7. The summed E-state index contributed by atoms with van der Waals surface area (Å²) >= 11 is 1.54. The zero-order valence-corrected chi connectivity index (χ0v) is 21.3. The molecule has 2 unspecified atom stereocenters. The Morgan fingerprint density at radius 3 is 2.80 bits per heavy atom. The molecule has 0 radical (unpaired) electrons. The SMILES string of the molecule is Cc1cc(CNC(=O)OCC2CCc3c(sc(NC(=O)CC(C)c4ccccc4)c3N)C2)n(C)n1. The van der Waals surface area contributed by atoms with Crippen LogP contribution in [-0.4, -0.2) is 28.4 Å². The highest BCUT2D eigenvalue weighted by Gasteiger charge is 2.26. The molecule has 0 spiro atoms. The summed E-state index contributed by atoms with van der Waals surface area (Å²) in [6, 6.07) is 12.0. The molecule has 4 N–H and O–H groups in total. The minimum absolute atomic E-state index is 0.0354. The molecule has 0 saturated heterocycles. The number of rotatable bonds is 8. The molecule has 35 heavy (non-hydrogen) atoms. The highest BCUT2D eigenvalue weighted by Crippen LogP contribution is 2.41. The lowest BCUT2D eigenvalue weighted by Gasteiger charge is -2.22. The van der Waals surface area contributed by atoms with Crippen LogP contribution in [0.3, 0.4) is 0 Å². The second-order valence-electron chi connectivity index (χ2n) is 9.27. The van der Waals surface area contributed by atoms with Crippen LogP contribution in [0.25, 0.3) is 0 Å². The number of nitrogens with two attached hydrogens (primary N) is 1. The van der Waals surface area contributed by atoms with E-state index in [0.29, 0.717) is 25.3 Å². The van der Waals surface area contributed by atoms with Crippen molar-refractivity contribution in [2.75, 3.05) is 17.7 Å². The van der Waals surface area contributed by atoms with Crippen LogP contribution in [0, 0.1) is 12.8 Å². The molecule has 3 aromatic rings. The average Bonchev–Trinajstić information content (AvgIpc) is 3.33. The summed E-state index contributed by atoms with van der Waals surface area (Å²) in [7, 11) is 1.85. The van der Waals surface area contributed by atoms with Gasteiger partial charge in [0.2, 0.25) is 5.91 Å². The Kier molecular flexibility index (Phi) is 7.75. The fourth-order valence-corrected chi connectivity index (χ4v) is 5.80. The van der Waals surface area contributed by atoms with Crippen molar-refractivity contribution >= 4 is 34.0 Å². The number of alkyl carbamates (subject to hydrolysis) is 1. The summed E-state index contributed by atoms with van der Waals surface area (Å²) in [6.45, 7) is 4.69. The van der Waals surface area contributed by atoms with Crippen molar-refractivity contribution in [3.05, 3.63) is 63.8 Å². The average molecular weight is 496 g/mol. The highest BCUT2D eigenvalue weighted by atomic mass is 32.1. The van der Waals surface area contributed by atoms with Crippen LogP contribution in [-0.2, 0) is 36.0 Å². The molecule has 0 bridgehead atoms. The molecule has 4 rings (SSSR count). The number of nitrogens with zero attached hydrogens (tertiary/aromatic N) is 2. The Balaban J connectivity index is 1.26. The van der Waals surface area contributed by atoms with E-state index in [-0.39, 0.29) is 17.7 Å². The fraction of sp³-hybridized carbons (Fsp3) is 0.423. The Bertz CT molecular complexity index is 1190. The number of fused-ring (bicyclic) bond motifs is 1. The van der Waals surface area contributed by atoms with Gasteiger partial charge in [-0.25, -0.2) is 4.79 Å². The number of ether oxygens (including phenoxy) is 1. The number of anilines is 2. The number of benzene rings is 1. The summed E-state index contributed by atoms with van der Waals surface area (Å²) in [6.07, 6.45) is 2.46. The van der Waals surface area contributed by atoms with Gasteiger partial charge in [-0.2, -0.15) is 5.10 Å². The van der Waals surface area contributed by atoms with Gasteiger partial charge in [0.25, 0.3) is 0 Å². The van der Waals surface area contributed by atoms with Gasteiger partial charge in [-0.05, 0) is 55.2 Å². The van der Waals surface area contributed by atoms with E-state index in [4.69, 9.17) is 10.5 Å². The van der Waals surface area contributed by atoms with Crippen molar-refractivity contribution in [1.82, 2.24) is 15.1 Å². The van der Waals surface area contributed by atoms with Gasteiger partial charge in [-0.1, -0.05) is 37.3 Å². The number of nitrogen functional groups attached to an aromatic ring is 1. The van der Waals surface area contributed by atoms with E-state index in [9.17, 15) is 9.59 Å². The van der Waals surface area contributed by atoms with Crippen molar-refractivity contribution < 1.29 is 14.3 Å². The standard InChI is InChI=1S/C26H33N5O3S/c1-16(19-7-5-4-6-8-19)11-23(32)29-25-24(27)21-10-9-18(13-22(21)35-25)15-34-26(33)28-14-20-12-17(2)30-31(20)3/h4-8,12,16,18H,9-11,13-15,27H2,1-3H3,(H,28,33)(H,29,32). The largest absolute Gasteiger partial charge is 0.449 e. The van der Waals surface area contributed by atoms with Crippen LogP contribution >= 0.6 is 11.3 Å². The zero-order valence-electron chi connectivity index (χ0n) is 20.5. The maximum absolute atomic E-state index is 12.7. The van der Waals surface area contributed by atoms with E-state index >= 15 is 0 Å². The summed E-state index contributed by atoms with van der Waals surface area (Å²) in [5, 5.41) is 10.8. The fourth-order valence-electron chi connectivity index (χ4n) is 4.51. The minimum atomic E-state index is -0.430. The molecule has 1 aliphatic carbocycles. The van der Waals surface area contributed by atoms with Gasteiger partial charge in [-0.15, -0.1) is 11.3 Å². The first kappa shape index (κ1) is 24.8. The molecule has 2 atom stereocenters. The summed E-state index contributed by atoms with van der Waals surface area (Å²) in [5.74, 6) is 0.320. The number of thiophene rings is 1. The molecule has 8 nitrogen and oxygen atoms in total. The smallest absolute Gasteiger partial charge is 0.407 e. The first-order valence-corrected chi connectivity index (χ1v) is 12.8. The lowest BCUT2D eigenvalue weighted by atomic mass is 9.89. The normalized spacial score (nSPS) is 15.8. The molecule has 2 heterocycles. The number of carbonyl (C=O) groups excluding carboxylic acids is 2. The number of aryl methyl sites for hydroxylation is 2. The van der Waals surface area contributed by atoms with Crippen LogP contribution in [0.2, 0.25) is 0 Å². The topological polar surface area (TPSA) is 111 Å². The number of carbonyl (C=O) groups is 2. The second-order valence-corrected chi connectivity index (χ2v) is 10.4. The third-order valence-corrected chi connectivity index (χ3v) is 7.67. The van der Waals surface area contributed by atoms with Crippen LogP contribution in [0.15, 0.2) is 36.4 Å². The molecule has 0 saturated carbocycles. The Morgan fingerprint density at radius 2 is 2.09 bits per heavy atom.